The maximum absolute atomic E-state index is 13.9. The molecule has 2 aromatic heterocycles. The van der Waals surface area contributed by atoms with Crippen LogP contribution in [0.15, 0.2) is 65.3 Å². The number of aromatic nitrogens is 2. The van der Waals surface area contributed by atoms with E-state index in [1.807, 2.05) is 48.1 Å². The number of nitrogens with two attached hydrogens (primary N) is 1. The maximum atomic E-state index is 13.9. The summed E-state index contributed by atoms with van der Waals surface area (Å²) in [7, 11) is -2.31. The van der Waals surface area contributed by atoms with Gasteiger partial charge in [-0.25, -0.2) is 18.2 Å². The number of carbonyl (C=O) groups is 2. The largest absolute Gasteiger partial charge is 0.492 e. The lowest BCUT2D eigenvalue weighted by Gasteiger charge is -2.16. The molecular weight excluding hydrogens is 645 g/mol. The lowest BCUT2D eigenvalue weighted by molar-refractivity contribution is -0.139. The molecule has 2 aromatic carbocycles. The van der Waals surface area contributed by atoms with Crippen LogP contribution in [0.1, 0.15) is 39.3 Å². The zero-order valence-corrected chi connectivity index (χ0v) is 27.2. The van der Waals surface area contributed by atoms with Gasteiger partial charge in [-0.05, 0) is 64.7 Å². The number of anilines is 1. The van der Waals surface area contributed by atoms with E-state index in [2.05, 4.69) is 25.7 Å². The number of hydrogen-bond donors (Lipinski definition) is 7. The van der Waals surface area contributed by atoms with Crippen molar-refractivity contribution in [3.8, 4) is 16.9 Å². The van der Waals surface area contributed by atoms with Crippen LogP contribution in [0.4, 0.5) is 5.69 Å². The highest BCUT2D eigenvalue weighted by molar-refractivity contribution is 7.92. The van der Waals surface area contributed by atoms with Gasteiger partial charge in [-0.15, -0.1) is 11.3 Å². The number of aryl methyl sites for hydroxylation is 1. The highest BCUT2D eigenvalue weighted by Gasteiger charge is 2.29. The van der Waals surface area contributed by atoms with Crippen LogP contribution in [0, 0.1) is 5.41 Å². The average molecular weight is 681 g/mol. The number of amides is 1. The molecule has 3 heterocycles. The van der Waals surface area contributed by atoms with Gasteiger partial charge >= 0.3 is 5.97 Å². The van der Waals surface area contributed by atoms with Gasteiger partial charge in [-0.3, -0.25) is 14.9 Å². The second-order valence-corrected chi connectivity index (χ2v) is 13.5. The van der Waals surface area contributed by atoms with E-state index in [0.29, 0.717) is 38.1 Å². The van der Waals surface area contributed by atoms with Gasteiger partial charge in [0, 0.05) is 39.3 Å². The Labute approximate surface area is 275 Å². The van der Waals surface area contributed by atoms with Gasteiger partial charge in [0.1, 0.15) is 21.6 Å². The molecule has 0 saturated carbocycles. The Morgan fingerprint density at radius 2 is 2.02 bits per heavy atom. The molecule has 0 spiro atoms. The molecule has 47 heavy (non-hydrogen) atoms. The third-order valence-corrected chi connectivity index (χ3v) is 9.84. The fraction of sp³-hybridized carbons (Fsp3) is 0.290. The van der Waals surface area contributed by atoms with Crippen LogP contribution >= 0.6 is 11.3 Å². The predicted molar refractivity (Wildman–Crippen MR) is 178 cm³/mol. The summed E-state index contributed by atoms with van der Waals surface area (Å²) >= 11 is 0.982. The molecule has 1 atom stereocenters. The number of carbonyl (C=O) groups excluding carboxylic acids is 1. The number of fused-ring (bicyclic) bond motifs is 1. The van der Waals surface area contributed by atoms with Crippen LogP contribution in [0.5, 0.6) is 5.75 Å². The molecule has 4 aromatic rings. The predicted octanol–water partition coefficient (Wildman–Crippen LogP) is 2.62. The first kappa shape index (κ1) is 33.4. The van der Waals surface area contributed by atoms with Crippen LogP contribution in [-0.4, -0.2) is 60.1 Å². The summed E-state index contributed by atoms with van der Waals surface area (Å²) < 4.78 is 38.0. The number of hydrogen-bond acceptors (Lipinski definition) is 9. The van der Waals surface area contributed by atoms with E-state index in [4.69, 9.17) is 15.9 Å². The summed E-state index contributed by atoms with van der Waals surface area (Å²) in [4.78, 5) is 29.0. The monoisotopic (exact) mass is 680 g/mol. The fourth-order valence-corrected chi connectivity index (χ4v) is 7.27. The van der Waals surface area contributed by atoms with E-state index in [-0.39, 0.29) is 40.1 Å². The van der Waals surface area contributed by atoms with E-state index in [0.717, 1.165) is 33.7 Å². The summed E-state index contributed by atoms with van der Waals surface area (Å²) in [5, 5.41) is 26.8. The number of rotatable bonds is 15. The van der Waals surface area contributed by atoms with Crippen molar-refractivity contribution in [2.45, 2.75) is 43.3 Å². The Bertz CT molecular complexity index is 1890. The highest BCUT2D eigenvalue weighted by Crippen LogP contribution is 2.39. The fourth-order valence-electron chi connectivity index (χ4n) is 5.17. The van der Waals surface area contributed by atoms with E-state index >= 15 is 0 Å². The van der Waals surface area contributed by atoms with Gasteiger partial charge in [-0.2, -0.15) is 0 Å². The maximum Gasteiger partial charge on any atom is 0.326 e. The average Bonchev–Trinajstić information content (AvgIpc) is 3.79. The Hall–Kier alpha value is -4.93. The molecule has 16 heteroatoms. The molecule has 0 aliphatic carbocycles. The standard InChI is InChI=1S/C31H36N8O6S2/c1-39-18-35-17-23(39)16-34-15-19-4-2-5-20(12-19)22-13-21-7-10-45-27(21)26(14-22)47(43,44)38-24-8-11-46-28(24)29(40)37-25(30(41)42)6-3-9-36-31(32)33/h2,4-5,8,11-14,17-18,25,34,38H,3,6-7,9-10,15-16H2,1H3,(H,37,40)(H,41,42)(H4,32,33,36)/t25-/m0/s1. The van der Waals surface area contributed by atoms with Gasteiger partial charge in [0.2, 0.25) is 0 Å². The SMILES string of the molecule is Cn1cncc1CNCc1cccc(-c2cc3c(c(S(=O)(=O)Nc4ccsc4C(=O)N[C@@H](CCCNC(=N)N)C(=O)O)c2)OCC3)c1. The third-order valence-electron chi connectivity index (χ3n) is 7.56. The number of guanidine groups is 1. The zero-order valence-electron chi connectivity index (χ0n) is 25.6. The van der Waals surface area contributed by atoms with E-state index in [9.17, 15) is 23.1 Å². The number of nitrogens with one attached hydrogen (secondary N) is 5. The summed E-state index contributed by atoms with van der Waals surface area (Å²) in [5.74, 6) is -1.94. The van der Waals surface area contributed by atoms with Gasteiger partial charge < -0.3 is 36.1 Å². The van der Waals surface area contributed by atoms with Crippen molar-refractivity contribution in [2.75, 3.05) is 17.9 Å². The topological polar surface area (TPSA) is 214 Å². The number of ether oxygens (including phenoxy) is 1. The Morgan fingerprint density at radius 1 is 1.19 bits per heavy atom. The number of imidazole rings is 1. The quantitative estimate of drug-likeness (QED) is 0.0554. The molecule has 14 nitrogen and oxygen atoms in total. The first-order chi connectivity index (χ1) is 22.5. The van der Waals surface area contributed by atoms with Gasteiger partial charge in [0.05, 0.1) is 24.3 Å². The Balaban J connectivity index is 1.33. The van der Waals surface area contributed by atoms with Crippen molar-refractivity contribution in [2.24, 2.45) is 12.8 Å². The number of benzene rings is 2. The lowest BCUT2D eigenvalue weighted by atomic mass is 10.00. The number of thiophene rings is 1. The van der Waals surface area contributed by atoms with E-state index < -0.39 is 27.9 Å². The lowest BCUT2D eigenvalue weighted by Crippen LogP contribution is -2.41. The molecule has 0 saturated heterocycles. The van der Waals surface area contributed by atoms with Crippen LogP contribution in [0.3, 0.4) is 0 Å². The van der Waals surface area contributed by atoms with Crippen molar-refractivity contribution in [1.82, 2.24) is 25.5 Å². The zero-order chi connectivity index (χ0) is 33.6. The van der Waals surface area contributed by atoms with Gasteiger partial charge in [-0.1, -0.05) is 18.2 Å². The van der Waals surface area contributed by atoms with Crippen molar-refractivity contribution in [1.29, 1.82) is 5.41 Å². The number of sulfonamides is 1. The number of aliphatic carboxylic acids is 1. The molecule has 0 fully saturated rings. The molecule has 0 radical (unpaired) electrons. The minimum Gasteiger partial charge on any atom is -0.492 e. The second kappa shape index (κ2) is 14.7. The van der Waals surface area contributed by atoms with Crippen molar-refractivity contribution < 1.29 is 27.9 Å². The molecular formula is C31H36N8O6S2. The third kappa shape index (κ3) is 8.27. The molecule has 1 aliphatic rings. The van der Waals surface area contributed by atoms with Crippen LogP contribution in [0.2, 0.25) is 0 Å². The summed E-state index contributed by atoms with van der Waals surface area (Å²) in [5.41, 5.74) is 9.64. The normalized spacial score (nSPS) is 13.0. The number of nitrogens with zero attached hydrogens (tertiary/aromatic N) is 2. The van der Waals surface area contributed by atoms with Crippen LogP contribution < -0.4 is 31.1 Å². The van der Waals surface area contributed by atoms with E-state index in [1.165, 1.54) is 6.07 Å². The van der Waals surface area contributed by atoms with Crippen molar-refractivity contribution in [3.63, 3.8) is 0 Å². The summed E-state index contributed by atoms with van der Waals surface area (Å²) in [6.07, 6.45) is 4.50. The van der Waals surface area contributed by atoms with Crippen molar-refractivity contribution >= 4 is 44.9 Å². The number of carboxylic acid groups (broad SMARTS) is 1. The second-order valence-electron chi connectivity index (χ2n) is 11.0. The minimum atomic E-state index is -4.24. The first-order valence-electron chi connectivity index (χ1n) is 14.8. The minimum absolute atomic E-state index is 0.0155. The molecule has 5 rings (SSSR count). The number of carboxylic acids is 1. The Kier molecular flexibility index (Phi) is 10.4. The van der Waals surface area contributed by atoms with Crippen LogP contribution in [0.25, 0.3) is 11.1 Å². The molecule has 8 N–H and O–H groups in total. The highest BCUT2D eigenvalue weighted by atomic mass is 32.2. The van der Waals surface area contributed by atoms with Crippen LogP contribution in [-0.2, 0) is 41.4 Å². The smallest absolute Gasteiger partial charge is 0.326 e. The molecule has 248 valence electrons. The van der Waals surface area contributed by atoms with Gasteiger partial charge in [0.15, 0.2) is 5.96 Å². The Morgan fingerprint density at radius 3 is 2.77 bits per heavy atom. The summed E-state index contributed by atoms with van der Waals surface area (Å²) in [6.45, 7) is 1.84. The molecule has 1 amide bonds. The molecule has 0 unspecified atom stereocenters. The van der Waals surface area contributed by atoms with Crippen molar-refractivity contribution in [3.05, 3.63) is 82.1 Å². The summed E-state index contributed by atoms with van der Waals surface area (Å²) in [6, 6.07) is 11.6. The van der Waals surface area contributed by atoms with Gasteiger partial charge in [0.25, 0.3) is 15.9 Å². The van der Waals surface area contributed by atoms with E-state index in [1.54, 1.807) is 17.8 Å². The molecule has 1 aliphatic heterocycles. The molecule has 0 bridgehead atoms. The first-order valence-corrected chi connectivity index (χ1v) is 17.1.